The molecule has 0 spiro atoms. The zero-order chi connectivity index (χ0) is 14.2. The molecule has 102 valence electrons. The molecule has 1 aliphatic rings. The van der Waals surface area contributed by atoms with Crippen molar-refractivity contribution >= 4 is 11.9 Å². The van der Waals surface area contributed by atoms with Gasteiger partial charge in [-0.2, -0.15) is 0 Å². The topological polar surface area (TPSA) is 49.4 Å². The molecule has 5 heteroatoms. The number of carbonyl (C=O) groups excluding carboxylic acids is 2. The Morgan fingerprint density at radius 1 is 1.37 bits per heavy atom. The smallest absolute Gasteiger partial charge is 0.323 e. The number of rotatable bonds is 3. The molecule has 1 N–H and O–H groups in total. The molecular formula is C14H17FN2O2. The molecule has 1 unspecified atom stereocenters. The van der Waals surface area contributed by atoms with Gasteiger partial charge in [-0.3, -0.25) is 9.69 Å². The standard InChI is InChI=1S/C14H17FN2O2/c1-9(2)14(3)12(18)17(13(19)16-14)8-10-5-4-6-11(15)7-10/h4-7,9H,8H2,1-3H3,(H,16,19). The number of urea groups is 1. The molecule has 0 saturated carbocycles. The van der Waals surface area contributed by atoms with Crippen molar-refractivity contribution in [1.29, 1.82) is 0 Å². The summed E-state index contributed by atoms with van der Waals surface area (Å²) < 4.78 is 13.1. The van der Waals surface area contributed by atoms with E-state index >= 15 is 0 Å². The molecule has 0 bridgehead atoms. The van der Waals surface area contributed by atoms with Gasteiger partial charge in [-0.15, -0.1) is 0 Å². The van der Waals surface area contributed by atoms with Crippen LogP contribution in [0.2, 0.25) is 0 Å². The molecule has 1 aromatic rings. The molecule has 3 amide bonds. The molecule has 1 atom stereocenters. The van der Waals surface area contributed by atoms with E-state index in [1.165, 1.54) is 12.1 Å². The monoisotopic (exact) mass is 264 g/mol. The van der Waals surface area contributed by atoms with Gasteiger partial charge >= 0.3 is 6.03 Å². The Morgan fingerprint density at radius 2 is 2.05 bits per heavy atom. The van der Waals surface area contributed by atoms with Crippen LogP contribution < -0.4 is 5.32 Å². The summed E-state index contributed by atoms with van der Waals surface area (Å²) in [7, 11) is 0. The normalized spacial score (nSPS) is 23.1. The van der Waals surface area contributed by atoms with E-state index in [9.17, 15) is 14.0 Å². The minimum atomic E-state index is -0.885. The van der Waals surface area contributed by atoms with Crippen LogP contribution in [0.25, 0.3) is 0 Å². The Morgan fingerprint density at radius 3 is 2.58 bits per heavy atom. The summed E-state index contributed by atoms with van der Waals surface area (Å²) in [6, 6.07) is 5.48. The highest BCUT2D eigenvalue weighted by molar-refractivity contribution is 6.06. The molecule has 0 aliphatic carbocycles. The van der Waals surface area contributed by atoms with Crippen LogP contribution in [0, 0.1) is 11.7 Å². The third kappa shape index (κ3) is 2.32. The maximum absolute atomic E-state index is 13.1. The van der Waals surface area contributed by atoms with E-state index in [0.717, 1.165) is 4.90 Å². The lowest BCUT2D eigenvalue weighted by Crippen LogP contribution is -2.48. The zero-order valence-corrected chi connectivity index (χ0v) is 11.2. The SMILES string of the molecule is CC(C)C1(C)NC(=O)N(Cc2cccc(F)c2)C1=O. The van der Waals surface area contributed by atoms with Crippen LogP contribution in [0.5, 0.6) is 0 Å². The summed E-state index contributed by atoms with van der Waals surface area (Å²) in [5.74, 6) is -0.658. The van der Waals surface area contributed by atoms with Crippen molar-refractivity contribution in [3.8, 4) is 0 Å². The molecule has 1 saturated heterocycles. The Labute approximate surface area is 111 Å². The largest absolute Gasteiger partial charge is 0.325 e. The maximum Gasteiger partial charge on any atom is 0.325 e. The molecule has 1 aromatic carbocycles. The second-order valence-electron chi connectivity index (χ2n) is 5.31. The fourth-order valence-corrected chi connectivity index (χ4v) is 2.07. The lowest BCUT2D eigenvalue weighted by atomic mass is 9.88. The number of amides is 3. The van der Waals surface area contributed by atoms with Crippen LogP contribution in [0.3, 0.4) is 0 Å². The number of hydrogen-bond donors (Lipinski definition) is 1. The highest BCUT2D eigenvalue weighted by Crippen LogP contribution is 2.26. The molecule has 1 fully saturated rings. The molecule has 1 aliphatic heterocycles. The van der Waals surface area contributed by atoms with Crippen molar-refractivity contribution in [1.82, 2.24) is 10.2 Å². The highest BCUT2D eigenvalue weighted by Gasteiger charge is 2.49. The van der Waals surface area contributed by atoms with Crippen LogP contribution >= 0.6 is 0 Å². The lowest BCUT2D eigenvalue weighted by molar-refractivity contribution is -0.132. The van der Waals surface area contributed by atoms with E-state index in [4.69, 9.17) is 0 Å². The molecule has 0 radical (unpaired) electrons. The quantitative estimate of drug-likeness (QED) is 0.851. The van der Waals surface area contributed by atoms with E-state index in [1.807, 2.05) is 13.8 Å². The first-order valence-corrected chi connectivity index (χ1v) is 6.23. The first-order valence-electron chi connectivity index (χ1n) is 6.23. The number of nitrogens with one attached hydrogen (secondary N) is 1. The van der Waals surface area contributed by atoms with Gasteiger partial charge in [0.05, 0.1) is 6.54 Å². The Hall–Kier alpha value is -1.91. The summed E-state index contributed by atoms with van der Waals surface area (Å²) in [4.78, 5) is 25.3. The van der Waals surface area contributed by atoms with E-state index in [1.54, 1.807) is 19.1 Å². The van der Waals surface area contributed by atoms with E-state index < -0.39 is 11.6 Å². The number of benzene rings is 1. The van der Waals surface area contributed by atoms with Gasteiger partial charge in [0.25, 0.3) is 5.91 Å². The van der Waals surface area contributed by atoms with Gasteiger partial charge in [-0.05, 0) is 30.5 Å². The Bertz CT molecular complexity index is 530. The first-order chi connectivity index (χ1) is 8.84. The number of imide groups is 1. The van der Waals surface area contributed by atoms with Crippen molar-refractivity contribution in [2.24, 2.45) is 5.92 Å². The predicted octanol–water partition coefficient (Wildman–Crippen LogP) is 2.29. The molecular weight excluding hydrogens is 247 g/mol. The van der Waals surface area contributed by atoms with Crippen molar-refractivity contribution in [2.75, 3.05) is 0 Å². The minimum absolute atomic E-state index is 0.0125. The third-order valence-corrected chi connectivity index (χ3v) is 3.69. The van der Waals surface area contributed by atoms with Crippen LogP contribution in [0.1, 0.15) is 26.3 Å². The van der Waals surface area contributed by atoms with Crippen molar-refractivity contribution in [2.45, 2.75) is 32.9 Å². The van der Waals surface area contributed by atoms with Crippen molar-refractivity contribution in [3.63, 3.8) is 0 Å². The third-order valence-electron chi connectivity index (χ3n) is 3.69. The van der Waals surface area contributed by atoms with Gasteiger partial charge in [-0.1, -0.05) is 26.0 Å². The van der Waals surface area contributed by atoms with Crippen LogP contribution in [0.15, 0.2) is 24.3 Å². The number of halogens is 1. The average molecular weight is 264 g/mol. The molecule has 0 aromatic heterocycles. The molecule has 4 nitrogen and oxygen atoms in total. The summed E-state index contributed by atoms with van der Waals surface area (Å²) in [5, 5.41) is 2.71. The summed E-state index contributed by atoms with van der Waals surface area (Å²) in [6.07, 6.45) is 0. The van der Waals surface area contributed by atoms with Gasteiger partial charge < -0.3 is 5.32 Å². The molecule has 19 heavy (non-hydrogen) atoms. The van der Waals surface area contributed by atoms with Crippen LogP contribution in [-0.4, -0.2) is 22.4 Å². The van der Waals surface area contributed by atoms with Crippen molar-refractivity contribution < 1.29 is 14.0 Å². The lowest BCUT2D eigenvalue weighted by Gasteiger charge is -2.25. The zero-order valence-electron chi connectivity index (χ0n) is 11.2. The average Bonchev–Trinajstić information content (AvgIpc) is 2.54. The molecule has 2 rings (SSSR count). The number of carbonyl (C=O) groups is 2. The first kappa shape index (κ1) is 13.5. The van der Waals surface area contributed by atoms with Gasteiger partial charge in [0.1, 0.15) is 11.4 Å². The van der Waals surface area contributed by atoms with Gasteiger partial charge in [0.2, 0.25) is 0 Å². The number of hydrogen-bond acceptors (Lipinski definition) is 2. The highest BCUT2D eigenvalue weighted by atomic mass is 19.1. The molecule has 1 heterocycles. The second-order valence-corrected chi connectivity index (χ2v) is 5.31. The minimum Gasteiger partial charge on any atom is -0.323 e. The van der Waals surface area contributed by atoms with Gasteiger partial charge in [-0.25, -0.2) is 9.18 Å². The number of nitrogens with zero attached hydrogens (tertiary/aromatic N) is 1. The van der Waals surface area contributed by atoms with Crippen molar-refractivity contribution in [3.05, 3.63) is 35.6 Å². The fraction of sp³-hybridized carbons (Fsp3) is 0.429. The second kappa shape index (κ2) is 4.64. The van der Waals surface area contributed by atoms with E-state index in [2.05, 4.69) is 5.32 Å². The van der Waals surface area contributed by atoms with E-state index in [-0.39, 0.29) is 24.2 Å². The van der Waals surface area contributed by atoms with Gasteiger partial charge in [0, 0.05) is 0 Å². The summed E-state index contributed by atoms with van der Waals surface area (Å²) >= 11 is 0. The fourth-order valence-electron chi connectivity index (χ4n) is 2.07. The predicted molar refractivity (Wildman–Crippen MR) is 68.7 cm³/mol. The van der Waals surface area contributed by atoms with E-state index in [0.29, 0.717) is 5.56 Å². The summed E-state index contributed by atoms with van der Waals surface area (Å²) in [6.45, 7) is 5.56. The maximum atomic E-state index is 13.1. The van der Waals surface area contributed by atoms with Crippen LogP contribution in [0.4, 0.5) is 9.18 Å². The Kier molecular flexibility index (Phi) is 3.30. The van der Waals surface area contributed by atoms with Crippen LogP contribution in [-0.2, 0) is 11.3 Å². The Balaban J connectivity index is 2.22. The van der Waals surface area contributed by atoms with Gasteiger partial charge in [0.15, 0.2) is 0 Å². The summed E-state index contributed by atoms with van der Waals surface area (Å²) in [5.41, 5.74) is -0.291.